The molecular weight excluding hydrogens is 340 g/mol. The van der Waals surface area contributed by atoms with Crippen molar-refractivity contribution in [2.45, 2.75) is 19.8 Å². The van der Waals surface area contributed by atoms with Crippen molar-refractivity contribution in [3.63, 3.8) is 0 Å². The van der Waals surface area contributed by atoms with Gasteiger partial charge in [0.15, 0.2) is 0 Å². The van der Waals surface area contributed by atoms with E-state index >= 15 is 0 Å². The maximum absolute atomic E-state index is 11.7. The van der Waals surface area contributed by atoms with Crippen molar-refractivity contribution in [2.24, 2.45) is 12.8 Å². The molecule has 27 heavy (non-hydrogen) atoms. The molecule has 0 fully saturated rings. The third-order valence-electron chi connectivity index (χ3n) is 5.40. The van der Waals surface area contributed by atoms with Gasteiger partial charge in [-0.1, -0.05) is 6.07 Å². The van der Waals surface area contributed by atoms with Crippen LogP contribution < -0.4 is 10.6 Å². The van der Waals surface area contributed by atoms with E-state index in [4.69, 9.17) is 11.1 Å². The average Bonchev–Trinajstić information content (AvgIpc) is 3.27. The molecule has 0 saturated carbocycles. The Balaban J connectivity index is 1.60. The number of amides is 1. The fourth-order valence-electron chi connectivity index (χ4n) is 3.82. The van der Waals surface area contributed by atoms with Gasteiger partial charge in [0, 0.05) is 62.2 Å². The van der Waals surface area contributed by atoms with Crippen LogP contribution in [0.5, 0.6) is 0 Å². The number of carbonyl (C=O) groups excluding carboxylic acids is 1. The Kier molecular flexibility index (Phi) is 4.22. The number of rotatable bonds is 2. The number of fused-ring (bicyclic) bond motifs is 1. The Labute approximate surface area is 158 Å². The molecule has 2 aliphatic rings. The predicted molar refractivity (Wildman–Crippen MR) is 106 cm³/mol. The molecule has 3 heterocycles. The van der Waals surface area contributed by atoms with Crippen LogP contribution in [-0.4, -0.2) is 46.1 Å². The molecule has 1 aromatic heterocycles. The van der Waals surface area contributed by atoms with Crippen molar-refractivity contribution in [2.75, 3.05) is 24.5 Å². The molecule has 0 saturated heterocycles. The van der Waals surface area contributed by atoms with Crippen LogP contribution in [0.3, 0.4) is 0 Å². The number of anilines is 1. The molecule has 2 aliphatic heterocycles. The van der Waals surface area contributed by atoms with Gasteiger partial charge in [0.1, 0.15) is 5.84 Å². The molecule has 0 radical (unpaired) electrons. The molecule has 0 spiro atoms. The fraction of sp³-hybridized carbons (Fsp3) is 0.350. The van der Waals surface area contributed by atoms with Crippen LogP contribution in [0.15, 0.2) is 41.9 Å². The number of amidine groups is 1. The molecule has 0 aliphatic carbocycles. The lowest BCUT2D eigenvalue weighted by Gasteiger charge is -2.32. The minimum Gasteiger partial charge on any atom is -0.402 e. The van der Waals surface area contributed by atoms with E-state index in [1.54, 1.807) is 16.5 Å². The van der Waals surface area contributed by atoms with Gasteiger partial charge >= 0.3 is 0 Å². The number of nitrogens with two attached hydrogens (primary N) is 1. The summed E-state index contributed by atoms with van der Waals surface area (Å²) >= 11 is 0. The number of nitrogens with zero attached hydrogens (tertiary/aromatic N) is 4. The van der Waals surface area contributed by atoms with Crippen LogP contribution in [0.2, 0.25) is 0 Å². The van der Waals surface area contributed by atoms with Crippen LogP contribution in [0, 0.1) is 5.41 Å². The van der Waals surface area contributed by atoms with Crippen LogP contribution >= 0.6 is 0 Å². The van der Waals surface area contributed by atoms with E-state index in [2.05, 4.69) is 23.3 Å². The highest BCUT2D eigenvalue weighted by Crippen LogP contribution is 2.33. The molecule has 0 bridgehead atoms. The Morgan fingerprint density at radius 3 is 2.74 bits per heavy atom. The van der Waals surface area contributed by atoms with Crippen molar-refractivity contribution < 1.29 is 4.79 Å². The summed E-state index contributed by atoms with van der Waals surface area (Å²) in [6.45, 7) is 3.36. The summed E-state index contributed by atoms with van der Waals surface area (Å²) in [5.41, 5.74) is 12.2. The number of benzene rings is 1. The molecule has 1 aromatic carbocycles. The van der Waals surface area contributed by atoms with Gasteiger partial charge < -0.3 is 15.5 Å². The molecule has 3 N–H and O–H groups in total. The Morgan fingerprint density at radius 1 is 1.22 bits per heavy atom. The number of aromatic nitrogens is 2. The van der Waals surface area contributed by atoms with Crippen LogP contribution in [-0.2, 0) is 18.3 Å². The normalized spacial score (nSPS) is 16.7. The highest BCUT2D eigenvalue weighted by atomic mass is 16.2. The zero-order chi connectivity index (χ0) is 19.1. The second-order valence-electron chi connectivity index (χ2n) is 7.19. The first-order valence-electron chi connectivity index (χ1n) is 9.15. The first-order chi connectivity index (χ1) is 12.9. The minimum absolute atomic E-state index is 0.0238. The van der Waals surface area contributed by atoms with Gasteiger partial charge in [-0.25, -0.2) is 0 Å². The number of aryl methyl sites for hydroxylation is 1. The summed E-state index contributed by atoms with van der Waals surface area (Å²) in [5.74, 6) is 0.432. The zero-order valence-corrected chi connectivity index (χ0v) is 15.7. The monoisotopic (exact) mass is 364 g/mol. The van der Waals surface area contributed by atoms with Gasteiger partial charge in [-0.3, -0.25) is 14.9 Å². The van der Waals surface area contributed by atoms with Crippen LogP contribution in [0.1, 0.15) is 18.9 Å². The Morgan fingerprint density at radius 2 is 2.04 bits per heavy atom. The van der Waals surface area contributed by atoms with Gasteiger partial charge in [-0.15, -0.1) is 0 Å². The van der Waals surface area contributed by atoms with E-state index in [1.807, 2.05) is 24.3 Å². The number of hydrogen-bond donors (Lipinski definition) is 2. The lowest BCUT2D eigenvalue weighted by Crippen LogP contribution is -2.42. The summed E-state index contributed by atoms with van der Waals surface area (Å²) in [5, 5.41) is 13.0. The Bertz CT molecular complexity index is 957. The second-order valence-corrected chi connectivity index (χ2v) is 7.19. The summed E-state index contributed by atoms with van der Waals surface area (Å²) < 4.78 is 1.80. The molecule has 0 unspecified atom stereocenters. The fourth-order valence-corrected chi connectivity index (χ4v) is 3.82. The first-order valence-corrected chi connectivity index (χ1v) is 9.15. The van der Waals surface area contributed by atoms with Gasteiger partial charge in [-0.05, 0) is 29.7 Å². The average molecular weight is 364 g/mol. The lowest BCUT2D eigenvalue weighted by atomic mass is 10.0. The summed E-state index contributed by atoms with van der Waals surface area (Å²) in [6, 6.07) is 6.32. The molecule has 2 aromatic rings. The quantitative estimate of drug-likeness (QED) is 0.629. The minimum atomic E-state index is 0.0238. The van der Waals surface area contributed by atoms with E-state index < -0.39 is 0 Å². The SMILES string of the molecule is CC(=O)N1CCC(N)=C(C(=N)N2CCc3cc(-c4cnn(C)c4)ccc32)C1. The number of carbonyl (C=O) groups is 1. The number of hydrogen-bond acceptors (Lipinski definition) is 4. The van der Waals surface area contributed by atoms with Crippen LogP contribution in [0.25, 0.3) is 11.1 Å². The van der Waals surface area contributed by atoms with Gasteiger partial charge in [0.05, 0.1) is 12.7 Å². The van der Waals surface area contributed by atoms with Crippen molar-refractivity contribution >= 4 is 17.4 Å². The van der Waals surface area contributed by atoms with Crippen molar-refractivity contribution in [1.29, 1.82) is 5.41 Å². The van der Waals surface area contributed by atoms with Gasteiger partial charge in [-0.2, -0.15) is 5.10 Å². The highest BCUT2D eigenvalue weighted by Gasteiger charge is 2.29. The highest BCUT2D eigenvalue weighted by molar-refractivity contribution is 6.10. The van der Waals surface area contributed by atoms with Crippen molar-refractivity contribution in [1.82, 2.24) is 14.7 Å². The topological polar surface area (TPSA) is 91.2 Å². The number of nitrogens with one attached hydrogen (secondary N) is 1. The maximum Gasteiger partial charge on any atom is 0.219 e. The van der Waals surface area contributed by atoms with E-state index in [0.29, 0.717) is 25.3 Å². The molecule has 1 amide bonds. The Hall–Kier alpha value is -3.09. The van der Waals surface area contributed by atoms with Crippen molar-refractivity contribution in [3.05, 3.63) is 47.4 Å². The van der Waals surface area contributed by atoms with Gasteiger partial charge in [0.2, 0.25) is 5.91 Å². The summed E-state index contributed by atoms with van der Waals surface area (Å²) in [6.07, 6.45) is 5.37. The third kappa shape index (κ3) is 3.09. The van der Waals surface area contributed by atoms with Crippen molar-refractivity contribution in [3.8, 4) is 11.1 Å². The second kappa shape index (κ2) is 6.57. The van der Waals surface area contributed by atoms with Gasteiger partial charge in [0.25, 0.3) is 0 Å². The zero-order valence-electron chi connectivity index (χ0n) is 15.7. The van der Waals surface area contributed by atoms with Crippen LogP contribution in [0.4, 0.5) is 5.69 Å². The van der Waals surface area contributed by atoms with E-state index in [9.17, 15) is 4.79 Å². The molecule has 0 atom stereocenters. The molecule has 7 nitrogen and oxygen atoms in total. The smallest absolute Gasteiger partial charge is 0.219 e. The van der Waals surface area contributed by atoms with E-state index in [0.717, 1.165) is 41.1 Å². The largest absolute Gasteiger partial charge is 0.402 e. The molecule has 4 rings (SSSR count). The van der Waals surface area contributed by atoms with E-state index in [1.165, 1.54) is 5.56 Å². The summed E-state index contributed by atoms with van der Waals surface area (Å²) in [4.78, 5) is 15.5. The first kappa shape index (κ1) is 17.3. The third-order valence-corrected chi connectivity index (χ3v) is 5.40. The van der Waals surface area contributed by atoms with E-state index in [-0.39, 0.29) is 5.91 Å². The molecule has 7 heteroatoms. The lowest BCUT2D eigenvalue weighted by molar-refractivity contribution is -0.128. The molecule has 140 valence electrons. The standard InChI is InChI=1S/C20H24N6O/c1-13(27)25-7-6-18(21)17(12-25)20(22)26-8-5-15-9-14(3-4-19(15)26)16-10-23-24(2)11-16/h3-4,9-11,22H,5-8,12,21H2,1-2H3. The summed E-state index contributed by atoms with van der Waals surface area (Å²) in [7, 11) is 1.91. The molecular formula is C20H24N6O. The predicted octanol–water partition coefficient (Wildman–Crippen LogP) is 1.89. The maximum atomic E-state index is 11.7.